The molecule has 4 heterocycles. The Labute approximate surface area is 307 Å². The maximum Gasteiger partial charge on any atom is 0.229 e. The second kappa shape index (κ2) is 15.9. The van der Waals surface area contributed by atoms with Crippen molar-refractivity contribution in [3.8, 4) is 22.3 Å². The fourth-order valence-electron chi connectivity index (χ4n) is 7.56. The van der Waals surface area contributed by atoms with Gasteiger partial charge in [-0.1, -0.05) is 36.4 Å². The first-order valence-electron chi connectivity index (χ1n) is 18.2. The summed E-state index contributed by atoms with van der Waals surface area (Å²) in [5.41, 5.74) is 19.8. The van der Waals surface area contributed by atoms with E-state index in [1.807, 2.05) is 24.3 Å². The average Bonchev–Trinajstić information content (AvgIpc) is 3.15. The van der Waals surface area contributed by atoms with E-state index in [4.69, 9.17) is 24.7 Å². The third-order valence-electron chi connectivity index (χ3n) is 10.3. The Kier molecular flexibility index (Phi) is 11.0. The van der Waals surface area contributed by atoms with Crippen LogP contribution in [-0.4, -0.2) is 79.5 Å². The molecule has 0 aliphatic carbocycles. The molecule has 0 amide bonds. The number of sulfonamides is 1. The van der Waals surface area contributed by atoms with Crippen LogP contribution < -0.4 is 20.3 Å². The number of hydrogen-bond acceptors (Lipinski definition) is 9. The number of nitrogens with one attached hydrogen (secondary N) is 1. The first-order valence-corrected chi connectivity index (χ1v) is 20.1. The Bertz CT molecular complexity index is 1970. The highest BCUT2D eigenvalue weighted by atomic mass is 32.2. The van der Waals surface area contributed by atoms with Crippen molar-refractivity contribution in [1.82, 2.24) is 0 Å². The molecule has 0 unspecified atom stereocenters. The maximum absolute atomic E-state index is 11.4. The molecule has 0 aromatic heterocycles. The SMILES string of the molecule is C[C@H]1COCCN1c1cc(-c2ccc(N)cc2)cc2c1COCC2.C[C@H]1COCCN1c1cc(-c2ccc(NS(C)(=O)=O)cc2)cc2c1COCC2. The van der Waals surface area contributed by atoms with Gasteiger partial charge in [-0.2, -0.15) is 0 Å². The van der Waals surface area contributed by atoms with Gasteiger partial charge in [0, 0.05) is 59.0 Å². The predicted molar refractivity (Wildman–Crippen MR) is 209 cm³/mol. The topological polar surface area (TPSA) is 116 Å². The Morgan fingerprint density at radius 3 is 1.54 bits per heavy atom. The third kappa shape index (κ3) is 8.40. The van der Waals surface area contributed by atoms with Gasteiger partial charge in [-0.05, 0) is 96.5 Å². The van der Waals surface area contributed by atoms with Crippen LogP contribution in [0.5, 0.6) is 0 Å². The highest BCUT2D eigenvalue weighted by Gasteiger charge is 2.27. The number of rotatable bonds is 6. The lowest BCUT2D eigenvalue weighted by atomic mass is 9.93. The highest BCUT2D eigenvalue weighted by molar-refractivity contribution is 7.92. The largest absolute Gasteiger partial charge is 0.399 e. The van der Waals surface area contributed by atoms with E-state index in [0.717, 1.165) is 88.6 Å². The summed E-state index contributed by atoms with van der Waals surface area (Å²) >= 11 is 0. The van der Waals surface area contributed by atoms with Gasteiger partial charge >= 0.3 is 0 Å². The van der Waals surface area contributed by atoms with E-state index in [9.17, 15) is 8.42 Å². The van der Waals surface area contributed by atoms with Gasteiger partial charge in [-0.25, -0.2) is 8.42 Å². The number of morpholine rings is 2. The molecule has 10 nitrogen and oxygen atoms in total. The lowest BCUT2D eigenvalue weighted by molar-refractivity contribution is 0.0963. The summed E-state index contributed by atoms with van der Waals surface area (Å²) in [6, 6.07) is 25.4. The average molecular weight is 727 g/mol. The van der Waals surface area contributed by atoms with Crippen LogP contribution in [0, 0.1) is 0 Å². The number of nitrogen functional groups attached to an aromatic ring is 1. The second-order valence-electron chi connectivity index (χ2n) is 14.2. The zero-order valence-electron chi connectivity index (χ0n) is 30.4. The number of nitrogens with two attached hydrogens (primary N) is 1. The zero-order chi connectivity index (χ0) is 36.2. The minimum Gasteiger partial charge on any atom is -0.399 e. The fourth-order valence-corrected chi connectivity index (χ4v) is 8.12. The molecule has 8 rings (SSSR count). The molecular formula is C41H50N4O6S. The van der Waals surface area contributed by atoms with Crippen LogP contribution in [0.25, 0.3) is 22.3 Å². The van der Waals surface area contributed by atoms with Gasteiger partial charge in [0.25, 0.3) is 0 Å². The predicted octanol–water partition coefficient (Wildman–Crippen LogP) is 6.26. The molecule has 0 radical (unpaired) electrons. The summed E-state index contributed by atoms with van der Waals surface area (Å²) in [6.45, 7) is 12.1. The summed E-state index contributed by atoms with van der Waals surface area (Å²) < 4.78 is 48.1. The first kappa shape index (κ1) is 36.2. The third-order valence-corrected chi connectivity index (χ3v) is 10.9. The van der Waals surface area contributed by atoms with Crippen molar-refractivity contribution in [3.05, 3.63) is 95.1 Å². The molecule has 52 heavy (non-hydrogen) atoms. The molecule has 4 aromatic rings. The van der Waals surface area contributed by atoms with Gasteiger partial charge in [0.05, 0.1) is 59.1 Å². The Morgan fingerprint density at radius 2 is 1.10 bits per heavy atom. The van der Waals surface area contributed by atoms with Crippen LogP contribution >= 0.6 is 0 Å². The van der Waals surface area contributed by atoms with Crippen LogP contribution in [0.15, 0.2) is 72.8 Å². The number of ether oxygens (including phenoxy) is 4. The van der Waals surface area contributed by atoms with Crippen molar-refractivity contribution in [2.45, 2.75) is 52.0 Å². The van der Waals surface area contributed by atoms with E-state index < -0.39 is 10.0 Å². The molecular weight excluding hydrogens is 677 g/mol. The maximum atomic E-state index is 11.4. The van der Waals surface area contributed by atoms with E-state index >= 15 is 0 Å². The number of hydrogen-bond donors (Lipinski definition) is 2. The highest BCUT2D eigenvalue weighted by Crippen LogP contribution is 2.37. The van der Waals surface area contributed by atoms with Gasteiger partial charge in [-0.3, -0.25) is 4.72 Å². The van der Waals surface area contributed by atoms with E-state index in [-0.39, 0.29) is 0 Å². The molecule has 4 aromatic carbocycles. The van der Waals surface area contributed by atoms with Crippen molar-refractivity contribution in [2.24, 2.45) is 0 Å². The quantitative estimate of drug-likeness (QED) is 0.223. The molecule has 4 aliphatic heterocycles. The van der Waals surface area contributed by atoms with E-state index in [1.165, 1.54) is 44.8 Å². The van der Waals surface area contributed by atoms with Gasteiger partial charge in [-0.15, -0.1) is 0 Å². The Hall–Kier alpha value is -4.13. The fraction of sp³-hybridized carbons (Fsp3) is 0.415. The van der Waals surface area contributed by atoms with Gasteiger partial charge in [0.15, 0.2) is 0 Å². The summed E-state index contributed by atoms with van der Waals surface area (Å²) in [6.07, 6.45) is 3.04. The molecule has 2 fully saturated rings. The molecule has 4 aliphatic rings. The first-order chi connectivity index (χ1) is 25.1. The van der Waals surface area contributed by atoms with Crippen LogP contribution in [0.3, 0.4) is 0 Å². The molecule has 2 saturated heterocycles. The van der Waals surface area contributed by atoms with Gasteiger partial charge in [0.1, 0.15) is 0 Å². The van der Waals surface area contributed by atoms with Gasteiger partial charge in [0.2, 0.25) is 10.0 Å². The van der Waals surface area contributed by atoms with Crippen molar-refractivity contribution in [2.75, 3.05) is 79.2 Å². The molecule has 0 bridgehead atoms. The molecule has 11 heteroatoms. The standard InChI is InChI=1S/C21H26N2O4S.C20H24N2O2/c1-15-13-27-10-8-23(15)21-12-18(11-17-7-9-26-14-20(17)21)16-3-5-19(6-4-16)22-28(2,24)25;1-14-12-24-9-7-22(14)20-11-17(15-2-4-18(21)5-3-15)10-16-6-8-23-13-19(16)20/h3-6,11-12,15,22H,7-10,13-14H2,1-2H3;2-5,10-11,14H,6-9,12-13,21H2,1H3/t15-;14-/m00/s1. The van der Waals surface area contributed by atoms with Crippen molar-refractivity contribution >= 4 is 32.8 Å². The zero-order valence-corrected chi connectivity index (χ0v) is 31.2. The van der Waals surface area contributed by atoms with E-state index in [2.05, 4.69) is 64.8 Å². The number of fused-ring (bicyclic) bond motifs is 2. The van der Waals surface area contributed by atoms with Crippen LogP contribution in [-0.2, 0) is 55.0 Å². The minimum absolute atomic E-state index is 0.316. The monoisotopic (exact) mass is 726 g/mol. The van der Waals surface area contributed by atoms with Gasteiger partial charge < -0.3 is 34.5 Å². The van der Waals surface area contributed by atoms with Crippen LogP contribution in [0.1, 0.15) is 36.1 Å². The summed E-state index contributed by atoms with van der Waals surface area (Å²) in [4.78, 5) is 4.89. The van der Waals surface area contributed by atoms with Crippen LogP contribution in [0.4, 0.5) is 22.7 Å². The van der Waals surface area contributed by atoms with E-state index in [0.29, 0.717) is 31.0 Å². The molecule has 2 atom stereocenters. The summed E-state index contributed by atoms with van der Waals surface area (Å²) in [5.74, 6) is 0. The Balaban J connectivity index is 0.000000164. The van der Waals surface area contributed by atoms with Crippen molar-refractivity contribution < 1.29 is 27.4 Å². The molecule has 0 saturated carbocycles. The molecule has 276 valence electrons. The smallest absolute Gasteiger partial charge is 0.229 e. The molecule has 0 spiro atoms. The number of anilines is 4. The second-order valence-corrected chi connectivity index (χ2v) is 15.9. The number of nitrogens with zero attached hydrogens (tertiary/aromatic N) is 2. The van der Waals surface area contributed by atoms with E-state index in [1.54, 1.807) is 12.1 Å². The lowest BCUT2D eigenvalue weighted by Crippen LogP contribution is -2.44. The lowest BCUT2D eigenvalue weighted by Gasteiger charge is -2.38. The normalized spacial score (nSPS) is 20.3. The summed E-state index contributed by atoms with van der Waals surface area (Å²) in [5, 5.41) is 0. The molecule has 3 N–H and O–H groups in total. The van der Waals surface area contributed by atoms with Crippen molar-refractivity contribution in [1.29, 1.82) is 0 Å². The number of benzene rings is 4. The van der Waals surface area contributed by atoms with Crippen molar-refractivity contribution in [3.63, 3.8) is 0 Å². The Morgan fingerprint density at radius 1 is 0.635 bits per heavy atom. The minimum atomic E-state index is -3.28. The van der Waals surface area contributed by atoms with Crippen LogP contribution in [0.2, 0.25) is 0 Å². The summed E-state index contributed by atoms with van der Waals surface area (Å²) in [7, 11) is -3.28.